The summed E-state index contributed by atoms with van der Waals surface area (Å²) in [4.78, 5) is 27.4. The number of benzene rings is 4. The minimum atomic E-state index is -1.08. The molecule has 4 aromatic carbocycles. The second-order valence-electron chi connectivity index (χ2n) is 8.44. The summed E-state index contributed by atoms with van der Waals surface area (Å²) in [7, 11) is 0. The van der Waals surface area contributed by atoms with E-state index in [0.717, 1.165) is 27.3 Å². The summed E-state index contributed by atoms with van der Waals surface area (Å²) in [5.41, 5.74) is 4.70. The Labute approximate surface area is 220 Å². The number of hydrogen-bond acceptors (Lipinski definition) is 4. The third-order valence-electron chi connectivity index (χ3n) is 5.63. The van der Waals surface area contributed by atoms with E-state index in [-0.39, 0.29) is 0 Å². The van der Waals surface area contributed by atoms with Crippen LogP contribution in [0.25, 0.3) is 0 Å². The third kappa shape index (κ3) is 6.78. The van der Waals surface area contributed by atoms with Gasteiger partial charge in [0.1, 0.15) is 0 Å². The second kappa shape index (κ2) is 11.9. The topological polar surface area (TPSA) is 55.4 Å². The molecule has 36 heavy (non-hydrogen) atoms. The van der Waals surface area contributed by atoms with Gasteiger partial charge in [-0.25, -0.2) is 4.79 Å². The molecule has 0 fully saturated rings. The smallest absolute Gasteiger partial charge is 0.339 e. The van der Waals surface area contributed by atoms with Crippen LogP contribution in [-0.4, -0.2) is 11.9 Å². The van der Waals surface area contributed by atoms with E-state index < -0.39 is 18.0 Å². The number of carbonyl (C=O) groups is 2. The largest absolute Gasteiger partial charge is 0.444 e. The van der Waals surface area contributed by atoms with Gasteiger partial charge in [-0.15, -0.1) is 11.8 Å². The summed E-state index contributed by atoms with van der Waals surface area (Å²) >= 11 is 7.63. The van der Waals surface area contributed by atoms with Gasteiger partial charge in [0.05, 0.1) is 5.56 Å². The van der Waals surface area contributed by atoms with E-state index in [0.29, 0.717) is 21.8 Å². The summed E-state index contributed by atoms with van der Waals surface area (Å²) in [5, 5.41) is 3.63. The van der Waals surface area contributed by atoms with E-state index in [1.54, 1.807) is 36.0 Å². The number of ether oxygens (including phenoxy) is 1. The minimum Gasteiger partial charge on any atom is -0.444 e. The summed E-state index contributed by atoms with van der Waals surface area (Å²) in [5.74, 6) is -0.210. The van der Waals surface area contributed by atoms with Crippen molar-refractivity contribution < 1.29 is 14.3 Å². The maximum atomic E-state index is 13.2. The summed E-state index contributed by atoms with van der Waals surface area (Å²) in [6, 6.07) is 29.8. The molecule has 0 aliphatic heterocycles. The molecule has 1 atom stereocenters. The highest BCUT2D eigenvalue weighted by Crippen LogP contribution is 2.26. The Morgan fingerprint density at radius 1 is 0.889 bits per heavy atom. The molecule has 0 spiro atoms. The highest BCUT2D eigenvalue weighted by Gasteiger charge is 2.26. The average molecular weight is 516 g/mol. The molecule has 0 radical (unpaired) electrons. The van der Waals surface area contributed by atoms with Crippen molar-refractivity contribution in [3.05, 3.63) is 130 Å². The van der Waals surface area contributed by atoms with Crippen molar-refractivity contribution in [2.75, 3.05) is 5.32 Å². The molecular formula is C30H26ClNO3S. The average Bonchev–Trinajstić information content (AvgIpc) is 2.89. The number of hydrogen-bond donors (Lipinski definition) is 1. The molecule has 4 nitrogen and oxygen atoms in total. The molecule has 0 aliphatic rings. The van der Waals surface area contributed by atoms with E-state index >= 15 is 0 Å². The quantitative estimate of drug-likeness (QED) is 0.192. The molecule has 4 aromatic rings. The number of anilines is 1. The summed E-state index contributed by atoms with van der Waals surface area (Å²) in [6.07, 6.45) is -1.08. The van der Waals surface area contributed by atoms with Crippen LogP contribution in [0.1, 0.15) is 38.7 Å². The van der Waals surface area contributed by atoms with Crippen molar-refractivity contribution in [2.24, 2.45) is 0 Å². The number of amides is 1. The van der Waals surface area contributed by atoms with Gasteiger partial charge in [0.25, 0.3) is 5.91 Å². The van der Waals surface area contributed by atoms with Gasteiger partial charge in [0.2, 0.25) is 6.10 Å². The Hall–Kier alpha value is -3.54. The lowest BCUT2D eigenvalue weighted by Gasteiger charge is -2.19. The zero-order valence-corrected chi connectivity index (χ0v) is 21.6. The Bertz CT molecular complexity index is 1340. The van der Waals surface area contributed by atoms with Gasteiger partial charge in [0.15, 0.2) is 0 Å². The first-order valence-corrected chi connectivity index (χ1v) is 12.9. The molecule has 1 N–H and O–H groups in total. The normalized spacial score (nSPS) is 11.5. The highest BCUT2D eigenvalue weighted by molar-refractivity contribution is 7.98. The van der Waals surface area contributed by atoms with Gasteiger partial charge in [-0.3, -0.25) is 4.79 Å². The van der Waals surface area contributed by atoms with Crippen LogP contribution in [0.15, 0.2) is 102 Å². The van der Waals surface area contributed by atoms with Crippen molar-refractivity contribution in [3.63, 3.8) is 0 Å². The maximum absolute atomic E-state index is 13.2. The van der Waals surface area contributed by atoms with Crippen LogP contribution in [0.2, 0.25) is 5.02 Å². The lowest BCUT2D eigenvalue weighted by Crippen LogP contribution is -2.26. The van der Waals surface area contributed by atoms with Crippen LogP contribution in [-0.2, 0) is 15.3 Å². The van der Waals surface area contributed by atoms with Gasteiger partial charge in [-0.1, -0.05) is 66.2 Å². The molecule has 0 aliphatic carbocycles. The molecule has 0 saturated carbocycles. The van der Waals surface area contributed by atoms with Crippen molar-refractivity contribution in [1.82, 2.24) is 0 Å². The van der Waals surface area contributed by atoms with Crippen molar-refractivity contribution in [1.29, 1.82) is 0 Å². The standard InChI is InChI=1S/C30H26ClNO3S/c1-20-8-9-21(2)27(18-20)32-29(33)28(23-6-4-3-5-7-23)35-30(34)24-12-10-22(11-13-24)19-36-26-16-14-25(31)15-17-26/h3-18,28H,19H2,1-2H3,(H,32,33)/t28-/m1/s1. The fourth-order valence-electron chi connectivity index (χ4n) is 3.58. The van der Waals surface area contributed by atoms with Crippen LogP contribution < -0.4 is 5.32 Å². The number of aryl methyl sites for hydroxylation is 2. The number of rotatable bonds is 8. The predicted molar refractivity (Wildman–Crippen MR) is 147 cm³/mol. The molecule has 0 unspecified atom stereocenters. The monoisotopic (exact) mass is 515 g/mol. The molecule has 0 saturated heterocycles. The minimum absolute atomic E-state index is 0.385. The van der Waals surface area contributed by atoms with Crippen molar-refractivity contribution >= 4 is 40.9 Å². The molecular weight excluding hydrogens is 490 g/mol. The molecule has 1 amide bonds. The van der Waals surface area contributed by atoms with Gasteiger partial charge in [0, 0.05) is 26.9 Å². The zero-order chi connectivity index (χ0) is 25.5. The molecule has 0 bridgehead atoms. The zero-order valence-electron chi connectivity index (χ0n) is 20.0. The van der Waals surface area contributed by atoms with Crippen LogP contribution in [0, 0.1) is 13.8 Å². The number of halogens is 1. The number of nitrogens with one attached hydrogen (secondary N) is 1. The van der Waals surface area contributed by atoms with Gasteiger partial charge in [-0.2, -0.15) is 0 Å². The maximum Gasteiger partial charge on any atom is 0.339 e. The van der Waals surface area contributed by atoms with Crippen molar-refractivity contribution in [2.45, 2.75) is 30.6 Å². The summed E-state index contributed by atoms with van der Waals surface area (Å²) in [6.45, 7) is 3.88. The SMILES string of the molecule is Cc1ccc(C)c(NC(=O)[C@H](OC(=O)c2ccc(CSc3ccc(Cl)cc3)cc2)c2ccccc2)c1. The fourth-order valence-corrected chi connectivity index (χ4v) is 4.56. The third-order valence-corrected chi connectivity index (χ3v) is 6.96. The van der Waals surface area contributed by atoms with Crippen LogP contribution in [0.5, 0.6) is 0 Å². The number of esters is 1. The molecule has 0 aromatic heterocycles. The van der Waals surface area contributed by atoms with Crippen LogP contribution in [0.4, 0.5) is 5.69 Å². The molecule has 182 valence electrons. The second-order valence-corrected chi connectivity index (χ2v) is 9.93. The first-order valence-electron chi connectivity index (χ1n) is 11.5. The number of carbonyl (C=O) groups excluding carboxylic acids is 2. The Kier molecular flexibility index (Phi) is 8.47. The number of thioether (sulfide) groups is 1. The van der Waals surface area contributed by atoms with E-state index in [9.17, 15) is 9.59 Å². The Morgan fingerprint density at radius 2 is 1.58 bits per heavy atom. The molecule has 4 rings (SSSR count). The van der Waals surface area contributed by atoms with Gasteiger partial charge in [-0.05, 0) is 73.0 Å². The van der Waals surface area contributed by atoms with E-state index in [1.807, 2.05) is 86.6 Å². The lowest BCUT2D eigenvalue weighted by atomic mass is 10.1. The van der Waals surface area contributed by atoms with E-state index in [1.165, 1.54) is 0 Å². The van der Waals surface area contributed by atoms with E-state index in [2.05, 4.69) is 5.32 Å². The van der Waals surface area contributed by atoms with Gasteiger partial charge >= 0.3 is 5.97 Å². The first-order chi connectivity index (χ1) is 17.4. The van der Waals surface area contributed by atoms with Crippen LogP contribution >= 0.6 is 23.4 Å². The van der Waals surface area contributed by atoms with Crippen molar-refractivity contribution in [3.8, 4) is 0 Å². The van der Waals surface area contributed by atoms with Crippen LogP contribution in [0.3, 0.4) is 0 Å². The Morgan fingerprint density at radius 3 is 2.28 bits per heavy atom. The van der Waals surface area contributed by atoms with E-state index in [4.69, 9.17) is 16.3 Å². The molecule has 6 heteroatoms. The first kappa shape index (κ1) is 25.5. The Balaban J connectivity index is 1.46. The van der Waals surface area contributed by atoms with Gasteiger partial charge < -0.3 is 10.1 Å². The lowest BCUT2D eigenvalue weighted by molar-refractivity contribution is -0.125. The molecule has 0 heterocycles. The predicted octanol–water partition coefficient (Wildman–Crippen LogP) is 7.79. The summed E-state index contributed by atoms with van der Waals surface area (Å²) < 4.78 is 5.74. The highest BCUT2D eigenvalue weighted by atomic mass is 35.5. The fraction of sp³-hybridized carbons (Fsp3) is 0.133.